The van der Waals surface area contributed by atoms with Gasteiger partial charge in [0, 0.05) is 12.4 Å². The van der Waals surface area contributed by atoms with Crippen molar-refractivity contribution in [1.82, 2.24) is 20.6 Å². The average Bonchev–Trinajstić information content (AvgIpc) is 2.84. The molecule has 7 heteroatoms. The van der Waals surface area contributed by atoms with Crippen molar-refractivity contribution < 1.29 is 14.7 Å². The number of aliphatic carboxylic acids is 1. The molecule has 0 saturated heterocycles. The minimum atomic E-state index is -1.06. The number of carboxylic acid groups (broad SMARTS) is 1. The molecule has 1 unspecified atom stereocenters. The van der Waals surface area contributed by atoms with E-state index >= 15 is 0 Å². The van der Waals surface area contributed by atoms with Crippen molar-refractivity contribution in [1.29, 1.82) is 0 Å². The first-order valence-electron chi connectivity index (χ1n) is 5.35. The van der Waals surface area contributed by atoms with Crippen molar-refractivity contribution in [3.63, 3.8) is 0 Å². The van der Waals surface area contributed by atoms with Crippen LogP contribution in [0, 0.1) is 0 Å². The highest BCUT2D eigenvalue weighted by Crippen LogP contribution is 2.35. The molecule has 0 spiro atoms. The minimum absolute atomic E-state index is 0.297. The summed E-state index contributed by atoms with van der Waals surface area (Å²) in [6, 6.07) is -0.789. The molecule has 92 valence electrons. The summed E-state index contributed by atoms with van der Waals surface area (Å²) in [4.78, 5) is 29.3. The highest BCUT2D eigenvalue weighted by Gasteiger charge is 2.51. The Hall–Kier alpha value is -2.05. The van der Waals surface area contributed by atoms with Crippen LogP contribution in [0.15, 0.2) is 12.4 Å². The molecule has 4 N–H and O–H groups in total. The molecule has 0 radical (unpaired) electrons. The third-order valence-corrected chi connectivity index (χ3v) is 2.79. The fraction of sp³-hybridized carbons (Fsp3) is 0.500. The maximum atomic E-state index is 11.6. The highest BCUT2D eigenvalue weighted by molar-refractivity contribution is 5.88. The van der Waals surface area contributed by atoms with Gasteiger partial charge in [-0.25, -0.2) is 14.6 Å². The molecule has 1 saturated carbocycles. The third kappa shape index (κ3) is 2.38. The van der Waals surface area contributed by atoms with Gasteiger partial charge in [0.05, 0.1) is 6.04 Å². The van der Waals surface area contributed by atoms with Gasteiger partial charge in [-0.1, -0.05) is 0 Å². The van der Waals surface area contributed by atoms with Gasteiger partial charge >= 0.3 is 12.0 Å². The first kappa shape index (κ1) is 11.4. The quantitative estimate of drug-likeness (QED) is 0.608. The Balaban J connectivity index is 1.88. The molecule has 0 aromatic carbocycles. The van der Waals surface area contributed by atoms with Crippen LogP contribution in [-0.4, -0.2) is 32.6 Å². The fourth-order valence-electron chi connectivity index (χ4n) is 1.55. The molecule has 0 bridgehead atoms. The van der Waals surface area contributed by atoms with E-state index in [4.69, 9.17) is 5.11 Å². The third-order valence-electron chi connectivity index (χ3n) is 2.79. The molecule has 1 atom stereocenters. The molecule has 1 aromatic heterocycles. The number of H-pyrrole nitrogens is 1. The van der Waals surface area contributed by atoms with Crippen LogP contribution in [0.1, 0.15) is 31.6 Å². The van der Waals surface area contributed by atoms with E-state index in [1.807, 2.05) is 0 Å². The normalized spacial score (nSPS) is 18.2. The number of carbonyl (C=O) groups excluding carboxylic acids is 1. The van der Waals surface area contributed by atoms with E-state index < -0.39 is 17.5 Å². The van der Waals surface area contributed by atoms with Crippen LogP contribution >= 0.6 is 0 Å². The number of carboxylic acids is 1. The summed E-state index contributed by atoms with van der Waals surface area (Å²) >= 11 is 0. The predicted octanol–water partition coefficient (Wildman–Crippen LogP) is 0.387. The summed E-state index contributed by atoms with van der Waals surface area (Å²) < 4.78 is 0. The Kier molecular flexibility index (Phi) is 2.74. The second kappa shape index (κ2) is 4.08. The number of urea groups is 1. The number of rotatable bonds is 4. The summed E-state index contributed by atoms with van der Waals surface area (Å²) in [7, 11) is 0. The second-order valence-corrected chi connectivity index (χ2v) is 4.18. The Bertz CT molecular complexity index is 425. The van der Waals surface area contributed by atoms with Crippen molar-refractivity contribution in [2.45, 2.75) is 31.3 Å². The highest BCUT2D eigenvalue weighted by atomic mass is 16.4. The number of nitrogens with zero attached hydrogens (tertiary/aromatic N) is 1. The van der Waals surface area contributed by atoms with E-state index in [1.54, 1.807) is 19.3 Å². The molecule has 1 aromatic rings. The number of hydrogen-bond acceptors (Lipinski definition) is 3. The van der Waals surface area contributed by atoms with E-state index in [-0.39, 0.29) is 6.04 Å². The van der Waals surface area contributed by atoms with Crippen LogP contribution in [0.4, 0.5) is 4.79 Å². The van der Waals surface area contributed by atoms with E-state index in [0.717, 1.165) is 0 Å². The standard InChI is InChI=1S/C10H14N4O3/c1-6(7-11-4-5-12-7)13-9(17)14-10(2-3-10)8(15)16/h4-6H,2-3H2,1H3,(H,11,12)(H,15,16)(H2,13,14,17). The maximum Gasteiger partial charge on any atom is 0.329 e. The van der Waals surface area contributed by atoms with Gasteiger partial charge in [0.2, 0.25) is 0 Å². The van der Waals surface area contributed by atoms with E-state index in [2.05, 4.69) is 20.6 Å². The lowest BCUT2D eigenvalue weighted by molar-refractivity contribution is -0.140. The van der Waals surface area contributed by atoms with Gasteiger partial charge in [-0.2, -0.15) is 0 Å². The minimum Gasteiger partial charge on any atom is -0.480 e. The van der Waals surface area contributed by atoms with E-state index in [9.17, 15) is 9.59 Å². The molecule has 0 aliphatic heterocycles. The Labute approximate surface area is 97.6 Å². The predicted molar refractivity (Wildman–Crippen MR) is 58.3 cm³/mol. The van der Waals surface area contributed by atoms with Gasteiger partial charge in [-0.3, -0.25) is 0 Å². The Morgan fingerprint density at radius 1 is 1.59 bits per heavy atom. The maximum absolute atomic E-state index is 11.6. The molecule has 1 fully saturated rings. The Morgan fingerprint density at radius 3 is 2.76 bits per heavy atom. The first-order valence-corrected chi connectivity index (χ1v) is 5.35. The smallest absolute Gasteiger partial charge is 0.329 e. The number of carbonyl (C=O) groups is 2. The monoisotopic (exact) mass is 238 g/mol. The molecular weight excluding hydrogens is 224 g/mol. The lowest BCUT2D eigenvalue weighted by Gasteiger charge is -2.16. The molecule has 7 nitrogen and oxygen atoms in total. The summed E-state index contributed by atoms with van der Waals surface area (Å²) in [6.07, 6.45) is 4.20. The zero-order valence-corrected chi connectivity index (χ0v) is 9.36. The molecule has 2 amide bonds. The fourth-order valence-corrected chi connectivity index (χ4v) is 1.55. The SMILES string of the molecule is CC(NC(=O)NC1(C(=O)O)CC1)c1ncc[nH]1. The number of amides is 2. The van der Waals surface area contributed by atoms with Crippen molar-refractivity contribution >= 4 is 12.0 Å². The lowest BCUT2D eigenvalue weighted by Crippen LogP contribution is -2.48. The lowest BCUT2D eigenvalue weighted by atomic mass is 10.3. The molecule has 1 heterocycles. The summed E-state index contributed by atoms with van der Waals surface area (Å²) in [5.74, 6) is -0.362. The van der Waals surface area contributed by atoms with Crippen LogP contribution in [0.3, 0.4) is 0 Å². The van der Waals surface area contributed by atoms with Crippen LogP contribution < -0.4 is 10.6 Å². The number of imidazole rings is 1. The zero-order valence-electron chi connectivity index (χ0n) is 9.36. The van der Waals surface area contributed by atoms with Crippen LogP contribution in [0.5, 0.6) is 0 Å². The van der Waals surface area contributed by atoms with E-state index in [0.29, 0.717) is 18.7 Å². The van der Waals surface area contributed by atoms with Crippen LogP contribution in [-0.2, 0) is 4.79 Å². The van der Waals surface area contributed by atoms with Gasteiger partial charge < -0.3 is 20.7 Å². The van der Waals surface area contributed by atoms with Gasteiger partial charge in [0.15, 0.2) is 0 Å². The van der Waals surface area contributed by atoms with Gasteiger partial charge in [0.25, 0.3) is 0 Å². The van der Waals surface area contributed by atoms with Crippen LogP contribution in [0.25, 0.3) is 0 Å². The first-order chi connectivity index (χ1) is 8.03. The largest absolute Gasteiger partial charge is 0.480 e. The van der Waals surface area contributed by atoms with Gasteiger partial charge in [0.1, 0.15) is 11.4 Å². The molecule has 1 aliphatic rings. The topological polar surface area (TPSA) is 107 Å². The summed E-state index contributed by atoms with van der Waals surface area (Å²) in [5.41, 5.74) is -1.06. The molecule has 17 heavy (non-hydrogen) atoms. The van der Waals surface area contributed by atoms with Crippen molar-refractivity contribution in [2.75, 3.05) is 0 Å². The number of aromatic amines is 1. The Morgan fingerprint density at radius 2 is 2.29 bits per heavy atom. The average molecular weight is 238 g/mol. The van der Waals surface area contributed by atoms with E-state index in [1.165, 1.54) is 0 Å². The van der Waals surface area contributed by atoms with Crippen molar-refractivity contribution in [2.24, 2.45) is 0 Å². The molecule has 2 rings (SSSR count). The van der Waals surface area contributed by atoms with Gasteiger partial charge in [-0.05, 0) is 19.8 Å². The van der Waals surface area contributed by atoms with Crippen molar-refractivity contribution in [3.05, 3.63) is 18.2 Å². The number of hydrogen-bond donors (Lipinski definition) is 4. The molecule has 1 aliphatic carbocycles. The zero-order chi connectivity index (χ0) is 12.5. The van der Waals surface area contributed by atoms with Gasteiger partial charge in [-0.15, -0.1) is 0 Å². The second-order valence-electron chi connectivity index (χ2n) is 4.18. The number of aromatic nitrogens is 2. The summed E-state index contributed by atoms with van der Waals surface area (Å²) in [5, 5.41) is 14.0. The summed E-state index contributed by atoms with van der Waals surface area (Å²) in [6.45, 7) is 1.76. The van der Waals surface area contributed by atoms with Crippen molar-refractivity contribution in [3.8, 4) is 0 Å². The molecular formula is C10H14N4O3. The number of nitrogens with one attached hydrogen (secondary N) is 3. The van der Waals surface area contributed by atoms with Crippen LogP contribution in [0.2, 0.25) is 0 Å².